The lowest BCUT2D eigenvalue weighted by atomic mass is 10.1. The third kappa shape index (κ3) is 2.65. The third-order valence-corrected chi connectivity index (χ3v) is 3.83. The van der Waals surface area contributed by atoms with Crippen LogP contribution in [0.1, 0.15) is 38.9 Å². The first-order valence-electron chi connectivity index (χ1n) is 6.77. The molecule has 2 N–H and O–H groups in total. The van der Waals surface area contributed by atoms with Crippen LogP contribution in [0.3, 0.4) is 0 Å². The molecule has 0 fully saturated rings. The summed E-state index contributed by atoms with van der Waals surface area (Å²) in [6.07, 6.45) is 0.996. The van der Waals surface area contributed by atoms with Crippen LogP contribution in [0.15, 0.2) is 18.2 Å². The number of hydrogen-bond donors (Lipinski definition) is 1. The van der Waals surface area contributed by atoms with Gasteiger partial charge in [0.25, 0.3) is 0 Å². The number of halogens is 2. The summed E-state index contributed by atoms with van der Waals surface area (Å²) in [5.41, 5.74) is 7.67. The van der Waals surface area contributed by atoms with E-state index in [1.165, 1.54) is 0 Å². The zero-order chi connectivity index (χ0) is 14.9. The number of imidazole rings is 1. The van der Waals surface area contributed by atoms with Crippen LogP contribution < -0.4 is 5.73 Å². The lowest BCUT2D eigenvalue weighted by Gasteiger charge is -2.10. The Morgan fingerprint density at radius 2 is 1.85 bits per heavy atom. The molecule has 0 spiro atoms. The van der Waals surface area contributed by atoms with Crippen LogP contribution in [0.2, 0.25) is 10.0 Å². The molecule has 0 aliphatic rings. The SMILES string of the molecule is CCCn1c(C(C)C)nc(-c2c(Cl)cccc2Cl)c1N. The van der Waals surface area contributed by atoms with Crippen molar-refractivity contribution in [3.05, 3.63) is 34.1 Å². The maximum absolute atomic E-state index is 6.28. The minimum atomic E-state index is 0.291. The van der Waals surface area contributed by atoms with Gasteiger partial charge < -0.3 is 10.3 Å². The van der Waals surface area contributed by atoms with Crippen molar-refractivity contribution in [1.82, 2.24) is 9.55 Å². The van der Waals surface area contributed by atoms with Crippen LogP contribution in [0, 0.1) is 0 Å². The largest absolute Gasteiger partial charge is 0.383 e. The number of nitrogens with two attached hydrogens (primary N) is 1. The summed E-state index contributed by atoms with van der Waals surface area (Å²) >= 11 is 12.5. The molecule has 1 heterocycles. The van der Waals surface area contributed by atoms with Crippen LogP contribution >= 0.6 is 23.2 Å². The van der Waals surface area contributed by atoms with E-state index in [4.69, 9.17) is 28.9 Å². The number of benzene rings is 1. The fraction of sp³-hybridized carbons (Fsp3) is 0.400. The molecule has 0 amide bonds. The quantitative estimate of drug-likeness (QED) is 0.866. The van der Waals surface area contributed by atoms with E-state index in [1.807, 2.05) is 6.07 Å². The summed E-state index contributed by atoms with van der Waals surface area (Å²) in [5, 5.41) is 1.14. The first-order chi connectivity index (χ1) is 9.47. The Balaban J connectivity index is 2.66. The minimum absolute atomic E-state index is 0.291. The second kappa shape index (κ2) is 6.06. The van der Waals surface area contributed by atoms with Crippen molar-refractivity contribution in [3.8, 4) is 11.3 Å². The Hall–Kier alpha value is -1.19. The average molecular weight is 312 g/mol. The summed E-state index contributed by atoms with van der Waals surface area (Å²) < 4.78 is 2.06. The molecule has 3 nitrogen and oxygen atoms in total. The normalized spacial score (nSPS) is 11.3. The fourth-order valence-electron chi connectivity index (χ4n) is 2.29. The number of nitrogens with zero attached hydrogens (tertiary/aromatic N) is 2. The smallest absolute Gasteiger partial charge is 0.131 e. The summed E-state index contributed by atoms with van der Waals surface area (Å²) in [6, 6.07) is 5.42. The fourth-order valence-corrected chi connectivity index (χ4v) is 2.87. The first-order valence-corrected chi connectivity index (χ1v) is 7.53. The standard InChI is InChI=1S/C15H19Cl2N3/c1-4-8-20-14(18)13(19-15(20)9(2)3)12-10(16)6-5-7-11(12)17/h5-7,9H,4,8,18H2,1-3H3. The molecule has 0 aliphatic heterocycles. The van der Waals surface area contributed by atoms with Crippen LogP contribution in [-0.2, 0) is 6.54 Å². The number of rotatable bonds is 4. The maximum atomic E-state index is 6.28. The van der Waals surface area contributed by atoms with Crippen molar-refractivity contribution in [1.29, 1.82) is 0 Å². The van der Waals surface area contributed by atoms with E-state index >= 15 is 0 Å². The molecule has 108 valence electrons. The highest BCUT2D eigenvalue weighted by molar-refractivity contribution is 6.39. The van der Waals surface area contributed by atoms with Gasteiger partial charge in [-0.25, -0.2) is 4.98 Å². The lowest BCUT2D eigenvalue weighted by Crippen LogP contribution is -2.08. The van der Waals surface area contributed by atoms with E-state index in [0.717, 1.165) is 18.8 Å². The van der Waals surface area contributed by atoms with Gasteiger partial charge in [-0.2, -0.15) is 0 Å². The van der Waals surface area contributed by atoms with Crippen molar-refractivity contribution in [2.45, 2.75) is 39.7 Å². The van der Waals surface area contributed by atoms with Crippen molar-refractivity contribution in [2.24, 2.45) is 0 Å². The molecule has 0 radical (unpaired) electrons. The zero-order valence-electron chi connectivity index (χ0n) is 12.0. The highest BCUT2D eigenvalue weighted by Gasteiger charge is 2.21. The number of hydrogen-bond acceptors (Lipinski definition) is 2. The average Bonchev–Trinajstić information content (AvgIpc) is 2.69. The van der Waals surface area contributed by atoms with Gasteiger partial charge >= 0.3 is 0 Å². The minimum Gasteiger partial charge on any atom is -0.383 e. The highest BCUT2D eigenvalue weighted by Crippen LogP contribution is 2.38. The predicted octanol–water partition coefficient (Wildman–Crippen LogP) is 4.97. The van der Waals surface area contributed by atoms with E-state index in [2.05, 4.69) is 30.3 Å². The lowest BCUT2D eigenvalue weighted by molar-refractivity contribution is 0.616. The monoisotopic (exact) mass is 311 g/mol. The first kappa shape index (κ1) is 15.2. The van der Waals surface area contributed by atoms with E-state index < -0.39 is 0 Å². The molecule has 1 aromatic heterocycles. The van der Waals surface area contributed by atoms with Crippen molar-refractivity contribution < 1.29 is 0 Å². The van der Waals surface area contributed by atoms with E-state index in [0.29, 0.717) is 33.0 Å². The molecule has 20 heavy (non-hydrogen) atoms. The topological polar surface area (TPSA) is 43.8 Å². The van der Waals surface area contributed by atoms with E-state index in [-0.39, 0.29) is 0 Å². The van der Waals surface area contributed by atoms with Crippen LogP contribution in [-0.4, -0.2) is 9.55 Å². The Kier molecular flexibility index (Phi) is 4.61. The summed E-state index contributed by atoms with van der Waals surface area (Å²) in [6.45, 7) is 7.16. The van der Waals surface area contributed by atoms with Gasteiger partial charge in [-0.15, -0.1) is 0 Å². The number of anilines is 1. The Morgan fingerprint density at radius 3 is 2.35 bits per heavy atom. The van der Waals surface area contributed by atoms with Crippen LogP contribution in [0.5, 0.6) is 0 Å². The molecule has 0 saturated carbocycles. The third-order valence-electron chi connectivity index (χ3n) is 3.20. The van der Waals surface area contributed by atoms with Gasteiger partial charge in [0.1, 0.15) is 17.3 Å². The molecule has 2 aromatic rings. The predicted molar refractivity (Wildman–Crippen MR) is 86.5 cm³/mol. The van der Waals surface area contributed by atoms with E-state index in [9.17, 15) is 0 Å². The number of nitrogen functional groups attached to an aromatic ring is 1. The van der Waals surface area contributed by atoms with Gasteiger partial charge in [0.15, 0.2) is 0 Å². The Labute approximate surface area is 129 Å². The molecule has 0 aliphatic carbocycles. The molecule has 1 aromatic carbocycles. The summed E-state index contributed by atoms with van der Waals surface area (Å²) in [4.78, 5) is 4.69. The second-order valence-corrected chi connectivity index (χ2v) is 5.92. The molecular formula is C15H19Cl2N3. The molecule has 0 unspecified atom stereocenters. The van der Waals surface area contributed by atoms with Gasteiger partial charge in [-0.05, 0) is 18.6 Å². The molecule has 2 rings (SSSR count). The van der Waals surface area contributed by atoms with Crippen LogP contribution in [0.25, 0.3) is 11.3 Å². The summed E-state index contributed by atoms with van der Waals surface area (Å²) in [5.74, 6) is 1.89. The van der Waals surface area contributed by atoms with E-state index in [1.54, 1.807) is 12.1 Å². The molecule has 0 saturated heterocycles. The molecule has 5 heteroatoms. The molecular weight excluding hydrogens is 293 g/mol. The maximum Gasteiger partial charge on any atom is 0.131 e. The Morgan fingerprint density at radius 1 is 1.25 bits per heavy atom. The van der Waals surface area contributed by atoms with Gasteiger partial charge in [-0.3, -0.25) is 0 Å². The molecule has 0 atom stereocenters. The van der Waals surface area contributed by atoms with Crippen molar-refractivity contribution in [2.75, 3.05) is 5.73 Å². The zero-order valence-corrected chi connectivity index (χ0v) is 13.5. The van der Waals surface area contributed by atoms with Crippen molar-refractivity contribution >= 4 is 29.0 Å². The highest BCUT2D eigenvalue weighted by atomic mass is 35.5. The van der Waals surface area contributed by atoms with Crippen LogP contribution in [0.4, 0.5) is 5.82 Å². The molecule has 0 bridgehead atoms. The second-order valence-electron chi connectivity index (χ2n) is 5.11. The van der Waals surface area contributed by atoms with Gasteiger partial charge in [-0.1, -0.05) is 50.0 Å². The van der Waals surface area contributed by atoms with Gasteiger partial charge in [0.05, 0.1) is 10.0 Å². The summed E-state index contributed by atoms with van der Waals surface area (Å²) in [7, 11) is 0. The van der Waals surface area contributed by atoms with Crippen molar-refractivity contribution in [3.63, 3.8) is 0 Å². The van der Waals surface area contributed by atoms with Gasteiger partial charge in [0, 0.05) is 18.0 Å². The number of aromatic nitrogens is 2. The Bertz CT molecular complexity index is 598. The van der Waals surface area contributed by atoms with Gasteiger partial charge in [0.2, 0.25) is 0 Å².